The molecule has 0 saturated carbocycles. The van der Waals surface area contributed by atoms with Gasteiger partial charge < -0.3 is 11.1 Å². The quantitative estimate of drug-likeness (QED) is 0.799. The second-order valence-corrected chi connectivity index (χ2v) is 5.36. The normalized spacial score (nSPS) is 12.5. The maximum Gasteiger partial charge on any atom is 0.251 e. The van der Waals surface area contributed by atoms with Crippen molar-refractivity contribution >= 4 is 11.6 Å². The lowest BCUT2D eigenvalue weighted by Crippen LogP contribution is -2.38. The number of hydrogen-bond acceptors (Lipinski definition) is 2. The van der Waals surface area contributed by atoms with E-state index in [-0.39, 0.29) is 11.9 Å². The highest BCUT2D eigenvalue weighted by molar-refractivity contribution is 5.96. The lowest BCUT2D eigenvalue weighted by atomic mass is 9.95. The highest BCUT2D eigenvalue weighted by Crippen LogP contribution is 2.19. The van der Waals surface area contributed by atoms with Gasteiger partial charge in [-0.3, -0.25) is 4.79 Å². The summed E-state index contributed by atoms with van der Waals surface area (Å²) in [5.41, 5.74) is 9.23. The molecule has 0 aliphatic carbocycles. The van der Waals surface area contributed by atoms with Gasteiger partial charge in [-0.15, -0.1) is 0 Å². The maximum atomic E-state index is 12.3. The van der Waals surface area contributed by atoms with Gasteiger partial charge in [0.25, 0.3) is 5.91 Å². The van der Waals surface area contributed by atoms with E-state index in [9.17, 15) is 4.79 Å². The first kappa shape index (κ1) is 15.5. The smallest absolute Gasteiger partial charge is 0.251 e. The second kappa shape index (κ2) is 6.60. The molecule has 1 amide bonds. The molecule has 1 rings (SSSR count). The fourth-order valence-corrected chi connectivity index (χ4v) is 2.51. The van der Waals surface area contributed by atoms with Gasteiger partial charge in [0.2, 0.25) is 0 Å². The average Bonchev–Trinajstić information content (AvgIpc) is 2.35. The van der Waals surface area contributed by atoms with Gasteiger partial charge >= 0.3 is 0 Å². The summed E-state index contributed by atoms with van der Waals surface area (Å²) >= 11 is 0. The Morgan fingerprint density at radius 3 is 2.32 bits per heavy atom. The van der Waals surface area contributed by atoms with Gasteiger partial charge in [-0.05, 0) is 43.9 Å². The van der Waals surface area contributed by atoms with Crippen LogP contribution in [0, 0.1) is 19.8 Å². The Kier molecular flexibility index (Phi) is 5.40. The van der Waals surface area contributed by atoms with Crippen molar-refractivity contribution in [3.63, 3.8) is 0 Å². The molecule has 0 aliphatic heterocycles. The highest BCUT2D eigenvalue weighted by atomic mass is 16.1. The van der Waals surface area contributed by atoms with Crippen LogP contribution in [0.2, 0.25) is 0 Å². The van der Waals surface area contributed by atoms with Gasteiger partial charge in [0, 0.05) is 17.3 Å². The van der Waals surface area contributed by atoms with Crippen LogP contribution < -0.4 is 11.1 Å². The average molecular weight is 262 g/mol. The van der Waals surface area contributed by atoms with Crippen molar-refractivity contribution in [2.24, 2.45) is 5.92 Å². The van der Waals surface area contributed by atoms with Crippen LogP contribution in [0.25, 0.3) is 0 Å². The number of benzene rings is 1. The molecule has 0 aliphatic rings. The number of carbonyl (C=O) groups is 1. The van der Waals surface area contributed by atoms with E-state index in [2.05, 4.69) is 26.1 Å². The van der Waals surface area contributed by atoms with Gasteiger partial charge in [-0.2, -0.15) is 0 Å². The van der Waals surface area contributed by atoms with Crippen molar-refractivity contribution in [1.29, 1.82) is 0 Å². The summed E-state index contributed by atoms with van der Waals surface area (Å²) in [6, 6.07) is 3.93. The minimum atomic E-state index is -0.0244. The molecule has 1 atom stereocenters. The summed E-state index contributed by atoms with van der Waals surface area (Å²) in [4.78, 5) is 12.3. The molecule has 1 aromatic rings. The largest absolute Gasteiger partial charge is 0.398 e. The molecule has 0 heterocycles. The first-order valence-electron chi connectivity index (χ1n) is 7.08. The Hall–Kier alpha value is -1.51. The Morgan fingerprint density at radius 1 is 1.21 bits per heavy atom. The third-order valence-corrected chi connectivity index (χ3v) is 3.97. The van der Waals surface area contributed by atoms with Gasteiger partial charge in [0.15, 0.2) is 0 Å². The minimum absolute atomic E-state index is 0.0244. The molecule has 19 heavy (non-hydrogen) atoms. The molecular formula is C16H26N2O. The molecule has 0 spiro atoms. The Bertz CT molecular complexity index is 450. The summed E-state index contributed by atoms with van der Waals surface area (Å²) in [5, 5.41) is 3.09. The van der Waals surface area contributed by atoms with Crippen molar-refractivity contribution in [3.8, 4) is 0 Å². The number of carbonyl (C=O) groups excluding carboxylic acids is 1. The third-order valence-electron chi connectivity index (χ3n) is 3.97. The Labute approximate surface area is 116 Å². The first-order valence-corrected chi connectivity index (χ1v) is 7.08. The van der Waals surface area contributed by atoms with Gasteiger partial charge in [0.05, 0.1) is 0 Å². The standard InChI is InChI=1S/C16H26N2O/c1-6-13(7-2)12(5)18-16(19)14-9-15(17)11(4)8-10(14)3/h8-9,12-13H,6-7,17H2,1-5H3,(H,18,19). The topological polar surface area (TPSA) is 55.1 Å². The molecule has 0 bridgehead atoms. The summed E-state index contributed by atoms with van der Waals surface area (Å²) < 4.78 is 0. The predicted molar refractivity (Wildman–Crippen MR) is 81.3 cm³/mol. The lowest BCUT2D eigenvalue weighted by molar-refractivity contribution is 0.0924. The fraction of sp³-hybridized carbons (Fsp3) is 0.562. The molecule has 0 saturated heterocycles. The van der Waals surface area contributed by atoms with Gasteiger partial charge in [-0.1, -0.05) is 32.8 Å². The zero-order valence-corrected chi connectivity index (χ0v) is 12.7. The molecule has 0 fully saturated rings. The van der Waals surface area contributed by atoms with Crippen molar-refractivity contribution in [3.05, 3.63) is 28.8 Å². The predicted octanol–water partition coefficient (Wildman–Crippen LogP) is 3.44. The molecule has 0 aromatic heterocycles. The molecule has 0 radical (unpaired) electrons. The monoisotopic (exact) mass is 262 g/mol. The number of nitrogens with two attached hydrogens (primary N) is 1. The van der Waals surface area contributed by atoms with Gasteiger partial charge in [-0.25, -0.2) is 0 Å². The molecular weight excluding hydrogens is 236 g/mol. The van der Waals surface area contributed by atoms with Gasteiger partial charge in [0.1, 0.15) is 0 Å². The maximum absolute atomic E-state index is 12.3. The van der Waals surface area contributed by atoms with Crippen LogP contribution in [-0.2, 0) is 0 Å². The number of rotatable bonds is 5. The SMILES string of the molecule is CCC(CC)C(C)NC(=O)c1cc(N)c(C)cc1C. The third kappa shape index (κ3) is 3.72. The number of aryl methyl sites for hydroxylation is 2. The van der Waals surface area contributed by atoms with Crippen LogP contribution in [0.5, 0.6) is 0 Å². The van der Waals surface area contributed by atoms with E-state index >= 15 is 0 Å². The first-order chi connectivity index (χ1) is 8.90. The van der Waals surface area contributed by atoms with E-state index in [1.807, 2.05) is 19.9 Å². The number of hydrogen-bond donors (Lipinski definition) is 2. The number of anilines is 1. The van der Waals surface area contributed by atoms with Crippen LogP contribution in [-0.4, -0.2) is 11.9 Å². The van der Waals surface area contributed by atoms with E-state index < -0.39 is 0 Å². The van der Waals surface area contributed by atoms with Crippen LogP contribution in [0.1, 0.15) is 55.1 Å². The number of nitrogens with one attached hydrogen (secondary N) is 1. The highest BCUT2D eigenvalue weighted by Gasteiger charge is 2.18. The number of amides is 1. The van der Waals surface area contributed by atoms with Crippen LogP contribution >= 0.6 is 0 Å². The van der Waals surface area contributed by atoms with Crippen LogP contribution in [0.15, 0.2) is 12.1 Å². The van der Waals surface area contributed by atoms with E-state index in [1.54, 1.807) is 6.07 Å². The van der Waals surface area contributed by atoms with E-state index in [1.165, 1.54) is 0 Å². The summed E-state index contributed by atoms with van der Waals surface area (Å²) in [5.74, 6) is 0.496. The molecule has 3 heteroatoms. The molecule has 106 valence electrons. The van der Waals surface area contributed by atoms with E-state index in [0.29, 0.717) is 17.2 Å². The molecule has 3 N–H and O–H groups in total. The molecule has 1 aromatic carbocycles. The zero-order valence-electron chi connectivity index (χ0n) is 12.7. The Morgan fingerprint density at radius 2 is 1.79 bits per heavy atom. The van der Waals surface area contributed by atoms with E-state index in [4.69, 9.17) is 5.73 Å². The number of nitrogen functional groups attached to an aromatic ring is 1. The van der Waals surface area contributed by atoms with Crippen molar-refractivity contribution < 1.29 is 4.79 Å². The van der Waals surface area contributed by atoms with Crippen LogP contribution in [0.3, 0.4) is 0 Å². The molecule has 1 unspecified atom stereocenters. The summed E-state index contributed by atoms with van der Waals surface area (Å²) in [7, 11) is 0. The fourth-order valence-electron chi connectivity index (χ4n) is 2.51. The molecule has 3 nitrogen and oxygen atoms in total. The second-order valence-electron chi connectivity index (χ2n) is 5.36. The van der Waals surface area contributed by atoms with E-state index in [0.717, 1.165) is 24.0 Å². The van der Waals surface area contributed by atoms with Crippen molar-refractivity contribution in [2.75, 3.05) is 5.73 Å². The van der Waals surface area contributed by atoms with Crippen LogP contribution in [0.4, 0.5) is 5.69 Å². The minimum Gasteiger partial charge on any atom is -0.398 e. The Balaban J connectivity index is 2.87. The summed E-state index contributed by atoms with van der Waals surface area (Å²) in [6.45, 7) is 10.3. The zero-order chi connectivity index (χ0) is 14.6. The van der Waals surface area contributed by atoms with Crippen molar-refractivity contribution in [1.82, 2.24) is 5.32 Å². The van der Waals surface area contributed by atoms with Crippen molar-refractivity contribution in [2.45, 2.75) is 53.5 Å². The summed E-state index contributed by atoms with van der Waals surface area (Å²) in [6.07, 6.45) is 2.15. The lowest BCUT2D eigenvalue weighted by Gasteiger charge is -2.23.